The van der Waals surface area contributed by atoms with E-state index >= 15 is 0 Å². The number of hydrogen-bond acceptors (Lipinski definition) is 4. The average Bonchev–Trinajstić information content (AvgIpc) is 2.95. The minimum absolute atomic E-state index is 0.0704. The van der Waals surface area contributed by atoms with Crippen LogP contribution >= 0.6 is 15.9 Å². The molecule has 212 valence electrons. The zero-order chi connectivity index (χ0) is 28.5. The molecule has 1 N–H and O–H groups in total. The first-order valence-electron chi connectivity index (χ1n) is 13.6. The van der Waals surface area contributed by atoms with Crippen LogP contribution in [-0.2, 0) is 32.6 Å². The molecule has 4 rings (SSSR count). The lowest BCUT2D eigenvalue weighted by molar-refractivity contribution is -0.140. The van der Waals surface area contributed by atoms with Crippen LogP contribution in [0.4, 0.5) is 5.69 Å². The predicted molar refractivity (Wildman–Crippen MR) is 162 cm³/mol. The lowest BCUT2D eigenvalue weighted by atomic mass is 9.94. The number of carbonyl (C=O) groups excluding carboxylic acids is 2. The molecule has 2 amide bonds. The Morgan fingerprint density at radius 3 is 2.05 bits per heavy atom. The van der Waals surface area contributed by atoms with Crippen molar-refractivity contribution < 1.29 is 18.0 Å². The zero-order valence-electron chi connectivity index (χ0n) is 22.7. The summed E-state index contributed by atoms with van der Waals surface area (Å²) in [7, 11) is -3.81. The first kappa shape index (κ1) is 29.8. The van der Waals surface area contributed by atoms with E-state index in [1.165, 1.54) is 4.90 Å². The molecule has 40 heavy (non-hydrogen) atoms. The van der Waals surface area contributed by atoms with Crippen LogP contribution in [-0.4, -0.2) is 50.0 Å². The van der Waals surface area contributed by atoms with Crippen LogP contribution in [0.5, 0.6) is 0 Å². The van der Waals surface area contributed by atoms with Gasteiger partial charge in [-0.2, -0.15) is 0 Å². The van der Waals surface area contributed by atoms with E-state index in [0.717, 1.165) is 53.8 Å². The smallest absolute Gasteiger partial charge is 0.244 e. The van der Waals surface area contributed by atoms with Gasteiger partial charge >= 0.3 is 0 Å². The maximum absolute atomic E-state index is 14.1. The van der Waals surface area contributed by atoms with Crippen LogP contribution in [0.15, 0.2) is 89.4 Å². The number of carbonyl (C=O) groups is 2. The summed E-state index contributed by atoms with van der Waals surface area (Å²) in [4.78, 5) is 29.6. The topological polar surface area (TPSA) is 86.8 Å². The Balaban J connectivity index is 1.71. The van der Waals surface area contributed by atoms with Crippen molar-refractivity contribution in [2.24, 2.45) is 0 Å². The molecule has 3 aromatic rings. The van der Waals surface area contributed by atoms with Crippen LogP contribution < -0.4 is 9.62 Å². The maximum Gasteiger partial charge on any atom is 0.244 e. The number of halogens is 1. The van der Waals surface area contributed by atoms with Gasteiger partial charge in [0.2, 0.25) is 21.8 Å². The average molecular weight is 627 g/mol. The quantitative estimate of drug-likeness (QED) is 0.313. The van der Waals surface area contributed by atoms with E-state index in [0.29, 0.717) is 16.6 Å². The van der Waals surface area contributed by atoms with E-state index in [1.807, 2.05) is 60.7 Å². The third kappa shape index (κ3) is 8.17. The molecule has 0 spiro atoms. The number of sulfonamides is 1. The lowest BCUT2D eigenvalue weighted by Gasteiger charge is -2.35. The fourth-order valence-corrected chi connectivity index (χ4v) is 6.60. The summed E-state index contributed by atoms with van der Waals surface area (Å²) in [5.74, 6) is -0.670. The summed E-state index contributed by atoms with van der Waals surface area (Å²) in [5.41, 5.74) is 2.14. The van der Waals surface area contributed by atoms with Gasteiger partial charge in [-0.25, -0.2) is 8.42 Å². The summed E-state index contributed by atoms with van der Waals surface area (Å²) in [6.45, 7) is -0.265. The number of para-hydroxylation sites is 1. The summed E-state index contributed by atoms with van der Waals surface area (Å²) < 4.78 is 27.5. The Bertz CT molecular complexity index is 1380. The van der Waals surface area contributed by atoms with Crippen LogP contribution in [0.3, 0.4) is 0 Å². The Hall–Kier alpha value is -3.17. The molecular formula is C31H36BrN3O4S. The molecule has 1 aliphatic carbocycles. The molecule has 0 radical (unpaired) electrons. The van der Waals surface area contributed by atoms with Crippen molar-refractivity contribution in [3.05, 3.63) is 101 Å². The molecule has 0 aromatic heterocycles. The van der Waals surface area contributed by atoms with Crippen molar-refractivity contribution in [3.8, 4) is 0 Å². The van der Waals surface area contributed by atoms with Gasteiger partial charge in [-0.15, -0.1) is 0 Å². The van der Waals surface area contributed by atoms with E-state index in [9.17, 15) is 18.0 Å². The molecule has 7 nitrogen and oxygen atoms in total. The summed E-state index contributed by atoms with van der Waals surface area (Å²) in [6, 6.07) is 25.2. The Morgan fingerprint density at radius 2 is 1.45 bits per heavy atom. The molecule has 9 heteroatoms. The molecule has 1 aliphatic rings. The highest BCUT2D eigenvalue weighted by atomic mass is 79.9. The fraction of sp³-hybridized carbons (Fsp3) is 0.355. The highest BCUT2D eigenvalue weighted by Gasteiger charge is 2.34. The Morgan fingerprint density at radius 1 is 0.875 bits per heavy atom. The predicted octanol–water partition coefficient (Wildman–Crippen LogP) is 5.30. The normalized spacial score (nSPS) is 14.8. The van der Waals surface area contributed by atoms with Crippen molar-refractivity contribution in [1.82, 2.24) is 10.2 Å². The van der Waals surface area contributed by atoms with Crippen LogP contribution in [0.1, 0.15) is 43.2 Å². The molecule has 0 aliphatic heterocycles. The molecule has 0 heterocycles. The number of anilines is 1. The second-order valence-electron chi connectivity index (χ2n) is 10.3. The number of nitrogens with one attached hydrogen (secondary N) is 1. The number of rotatable bonds is 11. The maximum atomic E-state index is 14.1. The largest absolute Gasteiger partial charge is 0.352 e. The van der Waals surface area contributed by atoms with Gasteiger partial charge in [-0.3, -0.25) is 13.9 Å². The van der Waals surface area contributed by atoms with Gasteiger partial charge in [0.1, 0.15) is 12.6 Å². The van der Waals surface area contributed by atoms with Gasteiger partial charge in [-0.05, 0) is 52.0 Å². The van der Waals surface area contributed by atoms with Crippen molar-refractivity contribution in [1.29, 1.82) is 0 Å². The highest BCUT2D eigenvalue weighted by Crippen LogP contribution is 2.28. The van der Waals surface area contributed by atoms with Gasteiger partial charge in [0.25, 0.3) is 0 Å². The van der Waals surface area contributed by atoms with Crippen molar-refractivity contribution in [3.63, 3.8) is 0 Å². The van der Waals surface area contributed by atoms with Gasteiger partial charge < -0.3 is 10.2 Å². The highest BCUT2D eigenvalue weighted by molar-refractivity contribution is 9.10. The van der Waals surface area contributed by atoms with E-state index in [-0.39, 0.29) is 18.5 Å². The van der Waals surface area contributed by atoms with Crippen LogP contribution in [0, 0.1) is 0 Å². The Labute approximate surface area is 245 Å². The number of benzene rings is 3. The van der Waals surface area contributed by atoms with Crippen LogP contribution in [0.25, 0.3) is 0 Å². The molecule has 1 unspecified atom stereocenters. The van der Waals surface area contributed by atoms with Gasteiger partial charge in [0.05, 0.1) is 11.9 Å². The molecule has 1 atom stereocenters. The van der Waals surface area contributed by atoms with Crippen LogP contribution in [0.2, 0.25) is 0 Å². The van der Waals surface area contributed by atoms with E-state index in [2.05, 4.69) is 21.2 Å². The first-order valence-corrected chi connectivity index (χ1v) is 16.3. The standard InChI is InChI=1S/C31H36BrN3O4S/c1-40(38,39)35(28-20-12-11-19-27(28)32)23-30(36)34(22-25-15-7-3-8-16-25)29(21-24-13-5-2-6-14-24)31(37)33-26-17-9-4-10-18-26/h2-3,5-8,11-16,19-20,26,29H,4,9-10,17-18,21-23H2,1H3,(H,33,37). The monoisotopic (exact) mass is 625 g/mol. The van der Waals surface area contributed by atoms with Crippen molar-refractivity contribution in [2.75, 3.05) is 17.1 Å². The van der Waals surface area contributed by atoms with E-state index < -0.39 is 28.5 Å². The summed E-state index contributed by atoms with van der Waals surface area (Å²) in [5, 5.41) is 3.21. The number of nitrogens with zero attached hydrogens (tertiary/aromatic N) is 2. The third-order valence-electron chi connectivity index (χ3n) is 7.22. The van der Waals surface area contributed by atoms with Crippen molar-refractivity contribution >= 4 is 43.5 Å². The SMILES string of the molecule is CS(=O)(=O)N(CC(=O)N(Cc1ccccc1)C(Cc1ccccc1)C(=O)NC1CCCCC1)c1ccccc1Br. The lowest BCUT2D eigenvalue weighted by Crippen LogP contribution is -2.55. The summed E-state index contributed by atoms with van der Waals surface area (Å²) in [6.07, 6.45) is 6.52. The fourth-order valence-electron chi connectivity index (χ4n) is 5.13. The van der Waals surface area contributed by atoms with Crippen molar-refractivity contribution in [2.45, 2.75) is 57.2 Å². The number of amides is 2. The molecule has 1 fully saturated rings. The Kier molecular flexibility index (Phi) is 10.4. The third-order valence-corrected chi connectivity index (χ3v) is 9.02. The second kappa shape index (κ2) is 13.9. The van der Waals surface area contributed by atoms with Gasteiger partial charge in [0, 0.05) is 23.5 Å². The molecule has 0 saturated heterocycles. The van der Waals surface area contributed by atoms with E-state index in [1.54, 1.807) is 24.3 Å². The zero-order valence-corrected chi connectivity index (χ0v) is 25.1. The minimum atomic E-state index is -3.81. The molecule has 1 saturated carbocycles. The molecular weight excluding hydrogens is 590 g/mol. The molecule has 3 aromatic carbocycles. The van der Waals surface area contributed by atoms with E-state index in [4.69, 9.17) is 0 Å². The first-order chi connectivity index (χ1) is 19.2. The number of hydrogen-bond donors (Lipinski definition) is 1. The van der Waals surface area contributed by atoms with Gasteiger partial charge in [-0.1, -0.05) is 92.1 Å². The second-order valence-corrected chi connectivity index (χ2v) is 13.0. The minimum Gasteiger partial charge on any atom is -0.352 e. The summed E-state index contributed by atoms with van der Waals surface area (Å²) >= 11 is 3.43. The molecule has 0 bridgehead atoms. The van der Waals surface area contributed by atoms with Gasteiger partial charge in [0.15, 0.2) is 0 Å².